The molecule has 0 atom stereocenters. The van der Waals surface area contributed by atoms with Crippen LogP contribution in [0.4, 0.5) is 0 Å². The Morgan fingerprint density at radius 2 is 2.22 bits per heavy atom. The summed E-state index contributed by atoms with van der Waals surface area (Å²) in [7, 11) is 1.54. The molecule has 0 spiro atoms. The summed E-state index contributed by atoms with van der Waals surface area (Å²) in [5.41, 5.74) is 2.39. The summed E-state index contributed by atoms with van der Waals surface area (Å²) in [4.78, 5) is 11.1. The van der Waals surface area contributed by atoms with Gasteiger partial charge in [-0.25, -0.2) is 4.79 Å². The Labute approximate surface area is 105 Å². The Morgan fingerprint density at radius 3 is 2.83 bits per heavy atom. The fourth-order valence-corrected chi connectivity index (χ4v) is 2.10. The van der Waals surface area contributed by atoms with Crippen molar-refractivity contribution >= 4 is 16.9 Å². The number of carbonyl (C=O) groups is 1. The second-order valence-electron chi connectivity index (χ2n) is 4.23. The molecule has 0 bridgehead atoms. The summed E-state index contributed by atoms with van der Waals surface area (Å²) in [5.74, 6) is -1.09. The number of aromatic carboxylic acids is 1. The van der Waals surface area contributed by atoms with Gasteiger partial charge in [-0.05, 0) is 24.1 Å². The van der Waals surface area contributed by atoms with E-state index < -0.39 is 5.97 Å². The SMILES string of the molecule is CCCc1ccc2oc(C(=O)O)c(COC)c2c1. The van der Waals surface area contributed by atoms with Crippen molar-refractivity contribution in [3.8, 4) is 0 Å². The van der Waals surface area contributed by atoms with Gasteiger partial charge in [0, 0.05) is 18.1 Å². The number of aryl methyl sites for hydroxylation is 1. The predicted octanol–water partition coefficient (Wildman–Crippen LogP) is 3.23. The van der Waals surface area contributed by atoms with E-state index in [0.717, 1.165) is 18.2 Å². The second-order valence-corrected chi connectivity index (χ2v) is 4.23. The average molecular weight is 248 g/mol. The topological polar surface area (TPSA) is 59.7 Å². The highest BCUT2D eigenvalue weighted by molar-refractivity contribution is 5.95. The van der Waals surface area contributed by atoms with E-state index in [9.17, 15) is 4.79 Å². The molecular weight excluding hydrogens is 232 g/mol. The number of carboxylic acids is 1. The molecule has 1 aromatic carbocycles. The molecule has 4 heteroatoms. The third-order valence-electron chi connectivity index (χ3n) is 2.88. The average Bonchev–Trinajstić information content (AvgIpc) is 2.69. The van der Waals surface area contributed by atoms with Gasteiger partial charge < -0.3 is 14.3 Å². The first-order chi connectivity index (χ1) is 8.67. The van der Waals surface area contributed by atoms with Crippen molar-refractivity contribution in [3.63, 3.8) is 0 Å². The van der Waals surface area contributed by atoms with E-state index in [2.05, 4.69) is 6.92 Å². The number of rotatable bonds is 5. The third kappa shape index (κ3) is 2.24. The molecule has 0 amide bonds. The van der Waals surface area contributed by atoms with Crippen LogP contribution in [0.15, 0.2) is 22.6 Å². The Hall–Kier alpha value is -1.81. The summed E-state index contributed by atoms with van der Waals surface area (Å²) in [5, 5.41) is 9.95. The van der Waals surface area contributed by atoms with Gasteiger partial charge in [0.2, 0.25) is 5.76 Å². The van der Waals surface area contributed by atoms with Gasteiger partial charge in [0.15, 0.2) is 0 Å². The third-order valence-corrected chi connectivity index (χ3v) is 2.88. The molecule has 0 saturated heterocycles. The highest BCUT2D eigenvalue weighted by atomic mass is 16.5. The first kappa shape index (κ1) is 12.6. The fraction of sp³-hybridized carbons (Fsp3) is 0.357. The molecule has 0 aliphatic heterocycles. The van der Waals surface area contributed by atoms with Crippen molar-refractivity contribution in [2.24, 2.45) is 0 Å². The van der Waals surface area contributed by atoms with Crippen molar-refractivity contribution in [1.82, 2.24) is 0 Å². The van der Waals surface area contributed by atoms with Crippen molar-refractivity contribution in [2.45, 2.75) is 26.4 Å². The van der Waals surface area contributed by atoms with Crippen LogP contribution in [0.25, 0.3) is 11.0 Å². The monoisotopic (exact) mass is 248 g/mol. The van der Waals surface area contributed by atoms with Crippen LogP contribution in [0.1, 0.15) is 35.0 Å². The lowest BCUT2D eigenvalue weighted by molar-refractivity contribution is 0.0658. The fourth-order valence-electron chi connectivity index (χ4n) is 2.10. The van der Waals surface area contributed by atoms with E-state index in [1.165, 1.54) is 5.56 Å². The lowest BCUT2D eigenvalue weighted by Crippen LogP contribution is -1.99. The maximum absolute atomic E-state index is 11.1. The number of hydrogen-bond donors (Lipinski definition) is 1. The van der Waals surface area contributed by atoms with Gasteiger partial charge in [-0.2, -0.15) is 0 Å². The smallest absolute Gasteiger partial charge is 0.372 e. The van der Waals surface area contributed by atoms with Crippen molar-refractivity contribution in [2.75, 3.05) is 7.11 Å². The molecular formula is C14H16O4. The predicted molar refractivity (Wildman–Crippen MR) is 67.9 cm³/mol. The summed E-state index contributed by atoms with van der Waals surface area (Å²) in [6.45, 7) is 2.35. The van der Waals surface area contributed by atoms with E-state index in [-0.39, 0.29) is 12.4 Å². The molecule has 0 fully saturated rings. The number of ether oxygens (including phenoxy) is 1. The molecule has 0 radical (unpaired) electrons. The molecule has 1 aromatic heterocycles. The molecule has 0 aliphatic rings. The van der Waals surface area contributed by atoms with Crippen LogP contribution in [0.5, 0.6) is 0 Å². The van der Waals surface area contributed by atoms with Gasteiger partial charge in [0.05, 0.1) is 6.61 Å². The lowest BCUT2D eigenvalue weighted by atomic mass is 10.1. The van der Waals surface area contributed by atoms with Crippen LogP contribution < -0.4 is 0 Å². The van der Waals surface area contributed by atoms with Crippen molar-refractivity contribution < 1.29 is 19.1 Å². The molecule has 2 rings (SSSR count). The minimum atomic E-state index is -1.06. The highest BCUT2D eigenvalue weighted by Gasteiger charge is 2.19. The summed E-state index contributed by atoms with van der Waals surface area (Å²) < 4.78 is 10.4. The second kappa shape index (κ2) is 5.23. The maximum Gasteiger partial charge on any atom is 0.372 e. The molecule has 0 unspecified atom stereocenters. The zero-order valence-electron chi connectivity index (χ0n) is 10.5. The first-order valence-electron chi connectivity index (χ1n) is 5.94. The summed E-state index contributed by atoms with van der Waals surface area (Å²) in [6.07, 6.45) is 2.02. The Morgan fingerprint density at radius 1 is 1.44 bits per heavy atom. The van der Waals surface area contributed by atoms with Gasteiger partial charge in [-0.1, -0.05) is 19.4 Å². The first-order valence-corrected chi connectivity index (χ1v) is 5.94. The maximum atomic E-state index is 11.1. The minimum Gasteiger partial charge on any atom is -0.475 e. The van der Waals surface area contributed by atoms with E-state index in [1.54, 1.807) is 7.11 Å². The zero-order valence-corrected chi connectivity index (χ0v) is 10.5. The molecule has 4 nitrogen and oxygen atoms in total. The van der Waals surface area contributed by atoms with Gasteiger partial charge in [0.25, 0.3) is 0 Å². The van der Waals surface area contributed by atoms with Gasteiger partial charge in [0.1, 0.15) is 5.58 Å². The summed E-state index contributed by atoms with van der Waals surface area (Å²) >= 11 is 0. The van der Waals surface area contributed by atoms with Gasteiger partial charge in [-0.3, -0.25) is 0 Å². The van der Waals surface area contributed by atoms with Crippen molar-refractivity contribution in [1.29, 1.82) is 0 Å². The Bertz CT molecular complexity index is 568. The van der Waals surface area contributed by atoms with E-state index in [4.69, 9.17) is 14.3 Å². The number of fused-ring (bicyclic) bond motifs is 1. The Balaban J connectivity index is 2.59. The van der Waals surface area contributed by atoms with Gasteiger partial charge >= 0.3 is 5.97 Å². The van der Waals surface area contributed by atoms with Crippen LogP contribution in [-0.2, 0) is 17.8 Å². The molecule has 96 valence electrons. The molecule has 0 aliphatic carbocycles. The van der Waals surface area contributed by atoms with Crippen molar-refractivity contribution in [3.05, 3.63) is 35.1 Å². The van der Waals surface area contributed by atoms with E-state index in [0.29, 0.717) is 11.1 Å². The number of methoxy groups -OCH3 is 1. The largest absolute Gasteiger partial charge is 0.475 e. The van der Waals surface area contributed by atoms with Crippen LogP contribution in [0.2, 0.25) is 0 Å². The van der Waals surface area contributed by atoms with Crippen LogP contribution in [0.3, 0.4) is 0 Å². The zero-order chi connectivity index (χ0) is 13.1. The number of hydrogen-bond acceptors (Lipinski definition) is 3. The Kier molecular flexibility index (Phi) is 3.67. The molecule has 18 heavy (non-hydrogen) atoms. The minimum absolute atomic E-state index is 0.0273. The molecule has 2 aromatic rings. The normalized spacial score (nSPS) is 11.0. The van der Waals surface area contributed by atoms with Gasteiger partial charge in [-0.15, -0.1) is 0 Å². The van der Waals surface area contributed by atoms with Crippen LogP contribution >= 0.6 is 0 Å². The van der Waals surface area contributed by atoms with E-state index >= 15 is 0 Å². The molecule has 1 N–H and O–H groups in total. The van der Waals surface area contributed by atoms with E-state index in [1.807, 2.05) is 18.2 Å². The number of benzene rings is 1. The quantitative estimate of drug-likeness (QED) is 0.882. The molecule has 1 heterocycles. The summed E-state index contributed by atoms with van der Waals surface area (Å²) in [6, 6.07) is 5.78. The highest BCUT2D eigenvalue weighted by Crippen LogP contribution is 2.28. The standard InChI is InChI=1S/C14H16O4/c1-3-4-9-5-6-12-10(7-9)11(8-17-2)13(18-12)14(15)16/h5-7H,3-4,8H2,1-2H3,(H,15,16). The number of carboxylic acid groups (broad SMARTS) is 1. The lowest BCUT2D eigenvalue weighted by Gasteiger charge is -2.00. The van der Waals surface area contributed by atoms with Crippen LogP contribution in [-0.4, -0.2) is 18.2 Å². The number of furan rings is 1. The molecule has 0 saturated carbocycles. The van der Waals surface area contributed by atoms with Crippen LogP contribution in [0, 0.1) is 0 Å².